The number of carbonyl (C=O) groups is 1. The number of esters is 1. The maximum absolute atomic E-state index is 12.6. The van der Waals surface area contributed by atoms with E-state index in [-0.39, 0.29) is 21.9 Å². The number of ether oxygens (including phenoxy) is 1. The highest BCUT2D eigenvalue weighted by molar-refractivity contribution is 7.87. The highest BCUT2D eigenvalue weighted by atomic mass is 32.2. The first-order valence-electron chi connectivity index (χ1n) is 7.53. The second-order valence-electron chi connectivity index (χ2n) is 5.58. The minimum Gasteiger partial charge on any atom is -0.465 e. The number of hydrogen-bond acceptors (Lipinski definition) is 6. The summed E-state index contributed by atoms with van der Waals surface area (Å²) >= 11 is 0. The van der Waals surface area contributed by atoms with Crippen LogP contribution in [0.1, 0.15) is 10.4 Å². The fraction of sp³-hybridized carbons (Fsp3) is 0.176. The first-order chi connectivity index (χ1) is 12.3. The van der Waals surface area contributed by atoms with Gasteiger partial charge in [0.15, 0.2) is 5.75 Å². The van der Waals surface area contributed by atoms with Gasteiger partial charge in [0.2, 0.25) is 0 Å². The zero-order valence-electron chi connectivity index (χ0n) is 14.3. The second kappa shape index (κ2) is 6.34. The van der Waals surface area contributed by atoms with Crippen LogP contribution in [-0.4, -0.2) is 30.6 Å². The Labute approximate surface area is 149 Å². The number of nitrogens with zero attached hydrogens (tertiary/aromatic N) is 2. The fourth-order valence-corrected chi connectivity index (χ4v) is 3.59. The normalized spacial score (nSPS) is 11.5. The van der Waals surface area contributed by atoms with Gasteiger partial charge in [-0.05, 0) is 30.3 Å². The van der Waals surface area contributed by atoms with Crippen molar-refractivity contribution in [1.82, 2.24) is 9.13 Å². The lowest BCUT2D eigenvalue weighted by Gasteiger charge is -2.10. The molecule has 0 aliphatic rings. The molecule has 0 aliphatic carbocycles. The third kappa shape index (κ3) is 2.86. The Balaban J connectivity index is 2.07. The Bertz CT molecular complexity index is 1170. The highest BCUT2D eigenvalue weighted by Gasteiger charge is 2.22. The summed E-state index contributed by atoms with van der Waals surface area (Å²) in [7, 11) is 0.119. The van der Waals surface area contributed by atoms with Gasteiger partial charge in [0.05, 0.1) is 18.1 Å². The molecule has 0 saturated heterocycles. The van der Waals surface area contributed by atoms with Crippen LogP contribution in [0.25, 0.3) is 11.0 Å². The van der Waals surface area contributed by atoms with Crippen LogP contribution in [0.2, 0.25) is 0 Å². The Morgan fingerprint density at radius 2 is 1.65 bits per heavy atom. The van der Waals surface area contributed by atoms with Gasteiger partial charge in [-0.2, -0.15) is 8.42 Å². The number of methoxy groups -OCH3 is 1. The van der Waals surface area contributed by atoms with E-state index in [1.54, 1.807) is 26.2 Å². The summed E-state index contributed by atoms with van der Waals surface area (Å²) in [5.41, 5.74) is 0.758. The molecule has 136 valence electrons. The van der Waals surface area contributed by atoms with Gasteiger partial charge in [0, 0.05) is 14.1 Å². The number of rotatable bonds is 4. The quantitative estimate of drug-likeness (QED) is 0.505. The summed E-state index contributed by atoms with van der Waals surface area (Å²) in [6, 6.07) is 10.1. The molecule has 3 rings (SSSR count). The molecule has 3 aromatic rings. The molecule has 0 spiro atoms. The molecule has 0 amide bonds. The number of fused-ring (bicyclic) bond motifs is 1. The van der Waals surface area contributed by atoms with Crippen molar-refractivity contribution in [2.75, 3.05) is 7.11 Å². The Hall–Kier alpha value is -3.07. The van der Waals surface area contributed by atoms with Crippen LogP contribution in [0.3, 0.4) is 0 Å². The lowest BCUT2D eigenvalue weighted by Crippen LogP contribution is -2.19. The van der Waals surface area contributed by atoms with Gasteiger partial charge >= 0.3 is 21.8 Å². The van der Waals surface area contributed by atoms with Gasteiger partial charge < -0.3 is 8.92 Å². The largest absolute Gasteiger partial charge is 0.465 e. The number of carbonyl (C=O) groups excluding carboxylic acids is 1. The number of hydrogen-bond donors (Lipinski definition) is 0. The Kier molecular flexibility index (Phi) is 4.33. The molecule has 26 heavy (non-hydrogen) atoms. The van der Waals surface area contributed by atoms with Crippen LogP contribution < -0.4 is 9.87 Å². The van der Waals surface area contributed by atoms with Gasteiger partial charge in [-0.25, -0.2) is 9.59 Å². The molecule has 1 heterocycles. The van der Waals surface area contributed by atoms with Crippen molar-refractivity contribution >= 4 is 27.1 Å². The van der Waals surface area contributed by atoms with Crippen molar-refractivity contribution in [3.63, 3.8) is 0 Å². The van der Waals surface area contributed by atoms with Crippen molar-refractivity contribution in [3.05, 3.63) is 58.5 Å². The lowest BCUT2D eigenvalue weighted by atomic mass is 10.2. The minimum atomic E-state index is -4.22. The molecule has 0 radical (unpaired) electrons. The molecule has 2 aromatic carbocycles. The SMILES string of the molecule is COC(=O)c1ccccc1OS(=O)(=O)c1ccc2c(c1)n(C)c(=O)n2C. The number of benzene rings is 2. The van der Waals surface area contributed by atoms with Crippen molar-refractivity contribution in [1.29, 1.82) is 0 Å². The molecule has 0 bridgehead atoms. The topological polar surface area (TPSA) is 96.6 Å². The third-order valence-corrected chi connectivity index (χ3v) is 5.25. The molecule has 0 fully saturated rings. The molecule has 0 unspecified atom stereocenters. The predicted molar refractivity (Wildman–Crippen MR) is 93.8 cm³/mol. The summed E-state index contributed by atoms with van der Waals surface area (Å²) in [6.45, 7) is 0. The summed E-state index contributed by atoms with van der Waals surface area (Å²) < 4.78 is 37.8. The van der Waals surface area contributed by atoms with Crippen LogP contribution in [0.15, 0.2) is 52.2 Å². The van der Waals surface area contributed by atoms with Crippen LogP contribution in [0.5, 0.6) is 5.75 Å². The van der Waals surface area contributed by atoms with Crippen LogP contribution in [0, 0.1) is 0 Å². The predicted octanol–water partition coefficient (Wildman–Crippen LogP) is 1.43. The fourth-order valence-electron chi connectivity index (χ4n) is 2.63. The maximum atomic E-state index is 12.6. The van der Waals surface area contributed by atoms with E-state index in [2.05, 4.69) is 4.74 Å². The van der Waals surface area contributed by atoms with Crippen LogP contribution in [0.4, 0.5) is 0 Å². The summed E-state index contributed by atoms with van der Waals surface area (Å²) in [5, 5.41) is 0. The molecule has 1 aromatic heterocycles. The van der Waals surface area contributed by atoms with Crippen molar-refractivity contribution < 1.29 is 22.1 Å². The standard InChI is InChI=1S/C17H16N2O6S/c1-18-13-9-8-11(10-14(13)19(2)17(18)21)26(22,23)25-15-7-5-4-6-12(15)16(20)24-3/h4-10H,1-3H3. The van der Waals surface area contributed by atoms with E-state index in [4.69, 9.17) is 4.18 Å². The molecular formula is C17H16N2O6S. The van der Waals surface area contributed by atoms with E-state index in [1.807, 2.05) is 0 Å². The molecule has 0 N–H and O–H groups in total. The van der Waals surface area contributed by atoms with Crippen molar-refractivity contribution in [3.8, 4) is 5.75 Å². The van der Waals surface area contributed by atoms with Crippen molar-refractivity contribution in [2.24, 2.45) is 14.1 Å². The number of imidazole rings is 1. The van der Waals surface area contributed by atoms with Gasteiger partial charge in [0.25, 0.3) is 0 Å². The van der Waals surface area contributed by atoms with E-state index in [0.717, 1.165) is 0 Å². The second-order valence-corrected chi connectivity index (χ2v) is 7.12. The summed E-state index contributed by atoms with van der Waals surface area (Å²) in [5.74, 6) is -0.849. The van der Waals surface area contributed by atoms with Crippen LogP contribution >= 0.6 is 0 Å². The Morgan fingerprint density at radius 3 is 2.35 bits per heavy atom. The molecule has 8 nitrogen and oxygen atoms in total. The first-order valence-corrected chi connectivity index (χ1v) is 8.94. The third-order valence-electron chi connectivity index (χ3n) is 4.02. The highest BCUT2D eigenvalue weighted by Crippen LogP contribution is 2.25. The van der Waals surface area contributed by atoms with Crippen LogP contribution in [-0.2, 0) is 29.0 Å². The summed E-state index contributed by atoms with van der Waals surface area (Å²) in [6.07, 6.45) is 0. The van der Waals surface area contributed by atoms with Gasteiger partial charge in [0.1, 0.15) is 10.5 Å². The van der Waals surface area contributed by atoms with Gasteiger partial charge in [-0.1, -0.05) is 12.1 Å². The van der Waals surface area contributed by atoms with Gasteiger partial charge in [-0.15, -0.1) is 0 Å². The van der Waals surface area contributed by atoms with E-state index in [0.29, 0.717) is 11.0 Å². The smallest absolute Gasteiger partial charge is 0.341 e. The van der Waals surface area contributed by atoms with E-state index in [1.165, 1.54) is 46.6 Å². The van der Waals surface area contributed by atoms with Crippen molar-refractivity contribution in [2.45, 2.75) is 4.90 Å². The van der Waals surface area contributed by atoms with E-state index >= 15 is 0 Å². The lowest BCUT2D eigenvalue weighted by molar-refractivity contribution is 0.0599. The Morgan fingerprint density at radius 1 is 1.00 bits per heavy atom. The van der Waals surface area contributed by atoms with E-state index in [9.17, 15) is 18.0 Å². The monoisotopic (exact) mass is 376 g/mol. The number of aromatic nitrogens is 2. The molecule has 0 saturated carbocycles. The average Bonchev–Trinajstić information content (AvgIpc) is 2.85. The molecule has 9 heteroatoms. The first kappa shape index (κ1) is 17.7. The number of aryl methyl sites for hydroxylation is 2. The van der Waals surface area contributed by atoms with E-state index < -0.39 is 16.1 Å². The zero-order chi connectivity index (χ0) is 19.1. The maximum Gasteiger partial charge on any atom is 0.341 e. The zero-order valence-corrected chi connectivity index (χ0v) is 15.1. The molecule has 0 atom stereocenters. The minimum absolute atomic E-state index is 0.00763. The summed E-state index contributed by atoms with van der Waals surface area (Å²) in [4.78, 5) is 23.6. The average molecular weight is 376 g/mol. The molecule has 0 aliphatic heterocycles. The van der Waals surface area contributed by atoms with Gasteiger partial charge in [-0.3, -0.25) is 9.13 Å². The number of para-hydroxylation sites is 1. The molecular weight excluding hydrogens is 360 g/mol.